The average molecular weight is 433 g/mol. The largest absolute Gasteiger partial charge is 0.497 e. The van der Waals surface area contributed by atoms with Crippen LogP contribution in [0.25, 0.3) is 0 Å². The van der Waals surface area contributed by atoms with Gasteiger partial charge in [0.05, 0.1) is 31.8 Å². The summed E-state index contributed by atoms with van der Waals surface area (Å²) in [6.45, 7) is 1.40. The zero-order valence-corrected chi connectivity index (χ0v) is 18.0. The van der Waals surface area contributed by atoms with Crippen LogP contribution in [0.5, 0.6) is 11.5 Å². The average Bonchev–Trinajstić information content (AvgIpc) is 2.81. The molecule has 0 atom stereocenters. The minimum atomic E-state index is -0.872. The number of carbonyl (C=O) groups is 3. The second kappa shape index (κ2) is 10.2. The smallest absolute Gasteiger partial charge is 0.299 e. The van der Waals surface area contributed by atoms with Crippen LogP contribution < -0.4 is 19.7 Å². The van der Waals surface area contributed by atoms with Crippen molar-refractivity contribution < 1.29 is 23.9 Å². The number of aromatic nitrogens is 1. The quantitative estimate of drug-likeness (QED) is 0.433. The predicted molar refractivity (Wildman–Crippen MR) is 120 cm³/mol. The summed E-state index contributed by atoms with van der Waals surface area (Å²) in [6.07, 6.45) is 3.06. The zero-order valence-electron chi connectivity index (χ0n) is 18.0. The lowest BCUT2D eigenvalue weighted by Crippen LogP contribution is -2.42. The maximum Gasteiger partial charge on any atom is 0.299 e. The molecule has 0 bridgehead atoms. The Morgan fingerprint density at radius 2 is 1.81 bits per heavy atom. The van der Waals surface area contributed by atoms with Crippen molar-refractivity contribution in [1.29, 1.82) is 0 Å². The van der Waals surface area contributed by atoms with Crippen molar-refractivity contribution in [2.45, 2.75) is 6.92 Å². The molecule has 0 aliphatic carbocycles. The first-order valence-corrected chi connectivity index (χ1v) is 9.77. The molecule has 8 nitrogen and oxygen atoms in total. The summed E-state index contributed by atoms with van der Waals surface area (Å²) in [7, 11) is 2.91. The van der Waals surface area contributed by atoms with Gasteiger partial charge in [0.2, 0.25) is 5.91 Å². The number of hydrogen-bond donors (Lipinski definition) is 1. The van der Waals surface area contributed by atoms with Gasteiger partial charge >= 0.3 is 0 Å². The number of aryl methyl sites for hydroxylation is 1. The number of nitrogens with one attached hydrogen (secondary N) is 1. The van der Waals surface area contributed by atoms with Crippen molar-refractivity contribution in [3.63, 3.8) is 0 Å². The van der Waals surface area contributed by atoms with Crippen molar-refractivity contribution in [1.82, 2.24) is 4.98 Å². The third kappa shape index (κ3) is 5.28. The first-order chi connectivity index (χ1) is 15.4. The summed E-state index contributed by atoms with van der Waals surface area (Å²) in [4.78, 5) is 44.1. The van der Waals surface area contributed by atoms with Gasteiger partial charge in [-0.1, -0.05) is 23.8 Å². The lowest BCUT2D eigenvalue weighted by molar-refractivity contribution is -0.119. The SMILES string of the molecule is COc1ccc(OC)c(N(CC(=O)Nc2cccnc2)C(=O)C(=O)c2cccc(C)c2)c1. The molecule has 0 fully saturated rings. The number of ketones is 1. The Morgan fingerprint density at radius 3 is 2.47 bits per heavy atom. The number of rotatable bonds is 8. The highest BCUT2D eigenvalue weighted by atomic mass is 16.5. The molecule has 0 unspecified atom stereocenters. The number of methoxy groups -OCH3 is 2. The standard InChI is InChI=1S/C24H23N3O5/c1-16-6-4-7-17(12-16)23(29)24(30)27(15-22(28)26-18-8-5-11-25-14-18)20-13-19(31-2)9-10-21(20)32-3/h4-14H,15H2,1-3H3,(H,26,28). The fourth-order valence-electron chi connectivity index (χ4n) is 3.09. The number of hydrogen-bond acceptors (Lipinski definition) is 6. The second-order valence-electron chi connectivity index (χ2n) is 6.92. The molecule has 1 N–H and O–H groups in total. The maximum absolute atomic E-state index is 13.3. The number of benzene rings is 2. The third-order valence-corrected chi connectivity index (χ3v) is 4.64. The van der Waals surface area contributed by atoms with Crippen molar-refractivity contribution in [2.75, 3.05) is 31.0 Å². The maximum atomic E-state index is 13.3. The van der Waals surface area contributed by atoms with Crippen LogP contribution in [-0.4, -0.2) is 43.3 Å². The van der Waals surface area contributed by atoms with Crippen molar-refractivity contribution in [3.8, 4) is 11.5 Å². The number of anilines is 2. The first kappa shape index (κ1) is 22.5. The third-order valence-electron chi connectivity index (χ3n) is 4.64. The van der Waals surface area contributed by atoms with Gasteiger partial charge in [0, 0.05) is 17.8 Å². The molecule has 0 saturated carbocycles. The molecule has 3 rings (SSSR count). The van der Waals surface area contributed by atoms with E-state index >= 15 is 0 Å². The first-order valence-electron chi connectivity index (χ1n) is 9.77. The normalized spacial score (nSPS) is 10.2. The molecule has 164 valence electrons. The van der Waals surface area contributed by atoms with E-state index in [2.05, 4.69) is 10.3 Å². The van der Waals surface area contributed by atoms with E-state index in [-0.39, 0.29) is 11.3 Å². The van der Waals surface area contributed by atoms with Crippen molar-refractivity contribution >= 4 is 29.0 Å². The van der Waals surface area contributed by atoms with Gasteiger partial charge in [-0.05, 0) is 37.3 Å². The van der Waals surface area contributed by atoms with Gasteiger partial charge in [0.15, 0.2) is 0 Å². The highest BCUT2D eigenvalue weighted by molar-refractivity contribution is 6.47. The molecule has 0 spiro atoms. The summed E-state index contributed by atoms with van der Waals surface area (Å²) < 4.78 is 10.6. The van der Waals surface area contributed by atoms with E-state index in [4.69, 9.17) is 9.47 Å². The highest BCUT2D eigenvalue weighted by Crippen LogP contribution is 2.33. The van der Waals surface area contributed by atoms with Crippen LogP contribution in [0, 0.1) is 6.92 Å². The van der Waals surface area contributed by atoms with E-state index in [9.17, 15) is 14.4 Å². The van der Waals surface area contributed by atoms with Gasteiger partial charge in [-0.25, -0.2) is 0 Å². The topological polar surface area (TPSA) is 97.8 Å². The molecule has 8 heteroatoms. The van der Waals surface area contributed by atoms with Crippen LogP contribution in [0.1, 0.15) is 15.9 Å². The van der Waals surface area contributed by atoms with Crippen molar-refractivity contribution in [3.05, 3.63) is 78.1 Å². The predicted octanol–water partition coefficient (Wildman–Crippen LogP) is 3.26. The van der Waals surface area contributed by atoms with Crippen LogP contribution in [-0.2, 0) is 9.59 Å². The number of nitrogens with zero attached hydrogens (tertiary/aromatic N) is 2. The van der Waals surface area contributed by atoms with Crippen LogP contribution in [0.2, 0.25) is 0 Å². The fraction of sp³-hybridized carbons (Fsp3) is 0.167. The molecule has 3 aromatic rings. The summed E-state index contributed by atoms with van der Waals surface area (Å²) in [6, 6.07) is 14.8. The number of Topliss-reactive ketones (excluding diaryl/α,β-unsaturated/α-hetero) is 1. The minimum absolute atomic E-state index is 0.231. The fourth-order valence-corrected chi connectivity index (χ4v) is 3.09. The summed E-state index contributed by atoms with van der Waals surface area (Å²) >= 11 is 0. The number of ether oxygens (including phenoxy) is 2. The molecule has 0 aliphatic heterocycles. The van der Waals surface area contributed by atoms with E-state index in [0.29, 0.717) is 17.2 Å². The molecular weight excluding hydrogens is 410 g/mol. The molecule has 2 amide bonds. The van der Waals surface area contributed by atoms with Crippen LogP contribution in [0.15, 0.2) is 67.0 Å². The van der Waals surface area contributed by atoms with E-state index in [1.54, 1.807) is 48.7 Å². The van der Waals surface area contributed by atoms with Gasteiger partial charge in [0.1, 0.15) is 18.0 Å². The van der Waals surface area contributed by atoms with E-state index in [0.717, 1.165) is 10.5 Å². The van der Waals surface area contributed by atoms with Gasteiger partial charge < -0.3 is 14.8 Å². The molecule has 1 heterocycles. The molecule has 0 saturated heterocycles. The second-order valence-corrected chi connectivity index (χ2v) is 6.92. The molecular formula is C24H23N3O5. The van der Waals surface area contributed by atoms with Crippen LogP contribution >= 0.6 is 0 Å². The highest BCUT2D eigenvalue weighted by Gasteiger charge is 2.29. The Labute approximate surface area is 185 Å². The summed E-state index contributed by atoms with van der Waals surface area (Å²) in [5.41, 5.74) is 1.77. The Morgan fingerprint density at radius 1 is 1.00 bits per heavy atom. The van der Waals surface area contributed by atoms with E-state index in [1.165, 1.54) is 26.5 Å². The lowest BCUT2D eigenvalue weighted by atomic mass is 10.1. The molecule has 32 heavy (non-hydrogen) atoms. The van der Waals surface area contributed by atoms with Gasteiger partial charge in [-0.2, -0.15) is 0 Å². The Kier molecular flexibility index (Phi) is 7.17. The van der Waals surface area contributed by atoms with E-state index in [1.807, 2.05) is 13.0 Å². The number of carbonyl (C=O) groups excluding carboxylic acids is 3. The van der Waals surface area contributed by atoms with Crippen molar-refractivity contribution in [2.24, 2.45) is 0 Å². The van der Waals surface area contributed by atoms with Crippen LogP contribution in [0.3, 0.4) is 0 Å². The zero-order chi connectivity index (χ0) is 23.1. The monoisotopic (exact) mass is 433 g/mol. The van der Waals surface area contributed by atoms with E-state index < -0.39 is 24.1 Å². The molecule has 1 aromatic heterocycles. The Balaban J connectivity index is 1.98. The number of pyridine rings is 1. The molecule has 0 radical (unpaired) electrons. The Hall–Kier alpha value is -4.20. The molecule has 0 aliphatic rings. The number of amides is 2. The minimum Gasteiger partial charge on any atom is -0.497 e. The Bertz CT molecular complexity index is 1130. The van der Waals surface area contributed by atoms with Crippen LogP contribution in [0.4, 0.5) is 11.4 Å². The summed E-state index contributed by atoms with van der Waals surface area (Å²) in [5, 5.41) is 2.67. The van der Waals surface area contributed by atoms with Gasteiger partial charge in [0.25, 0.3) is 11.7 Å². The summed E-state index contributed by atoms with van der Waals surface area (Å²) in [5.74, 6) is -1.37. The lowest BCUT2D eigenvalue weighted by Gasteiger charge is -2.24. The molecule has 2 aromatic carbocycles. The van der Waals surface area contributed by atoms with Gasteiger partial charge in [-0.3, -0.25) is 24.3 Å². The van der Waals surface area contributed by atoms with Gasteiger partial charge in [-0.15, -0.1) is 0 Å².